The van der Waals surface area contributed by atoms with Crippen LogP contribution in [0.2, 0.25) is 0 Å². The molecule has 2 aromatic rings. The Hall–Kier alpha value is -1.72. The van der Waals surface area contributed by atoms with E-state index in [2.05, 4.69) is 17.1 Å². The number of rotatable bonds is 4. The highest BCUT2D eigenvalue weighted by Crippen LogP contribution is 2.29. The Morgan fingerprint density at radius 3 is 2.57 bits per heavy atom. The molecule has 1 fully saturated rings. The third kappa shape index (κ3) is 3.79. The van der Waals surface area contributed by atoms with E-state index in [1.54, 1.807) is 11.8 Å². The first-order valence-electron chi connectivity index (χ1n) is 8.26. The van der Waals surface area contributed by atoms with Crippen LogP contribution in [0.3, 0.4) is 0 Å². The maximum Gasteiger partial charge on any atom is 0.124 e. The van der Waals surface area contributed by atoms with Crippen LogP contribution in [0.4, 0.5) is 0 Å². The van der Waals surface area contributed by atoms with E-state index in [0.717, 1.165) is 17.1 Å². The molecule has 1 saturated heterocycles. The summed E-state index contributed by atoms with van der Waals surface area (Å²) < 4.78 is 0. The lowest BCUT2D eigenvalue weighted by molar-refractivity contribution is -0.913. The molecule has 122 valence electrons. The van der Waals surface area contributed by atoms with Gasteiger partial charge in [-0.15, -0.1) is 11.3 Å². The number of carboxylic acid groups (broad SMARTS) is 1. The molecule has 1 aromatic heterocycles. The maximum absolute atomic E-state index is 11.2. The Balaban J connectivity index is 1.88. The molecule has 0 atom stereocenters. The molecule has 3 rings (SSSR count). The second-order valence-corrected chi connectivity index (χ2v) is 7.22. The fourth-order valence-electron chi connectivity index (χ4n) is 3.26. The first-order valence-corrected chi connectivity index (χ1v) is 9.07. The summed E-state index contributed by atoms with van der Waals surface area (Å²) in [6.45, 7) is 5.15. The summed E-state index contributed by atoms with van der Waals surface area (Å²) in [7, 11) is 0. The number of nitrogens with one attached hydrogen (secondary N) is 1. The molecule has 1 aliphatic heterocycles. The van der Waals surface area contributed by atoms with E-state index >= 15 is 0 Å². The van der Waals surface area contributed by atoms with Crippen molar-refractivity contribution < 1.29 is 14.8 Å². The van der Waals surface area contributed by atoms with Crippen LogP contribution in [0, 0.1) is 6.92 Å². The lowest BCUT2D eigenvalue weighted by Crippen LogP contribution is -3.10. The van der Waals surface area contributed by atoms with Crippen molar-refractivity contribution in [2.24, 2.45) is 0 Å². The van der Waals surface area contributed by atoms with Crippen molar-refractivity contribution in [3.8, 4) is 10.6 Å². The van der Waals surface area contributed by atoms with Crippen molar-refractivity contribution in [3.63, 3.8) is 0 Å². The molecule has 1 aromatic carbocycles. The van der Waals surface area contributed by atoms with Crippen molar-refractivity contribution in [3.05, 3.63) is 40.4 Å². The van der Waals surface area contributed by atoms with Gasteiger partial charge in [0.2, 0.25) is 0 Å². The Bertz CT molecular complexity index is 688. The predicted molar refractivity (Wildman–Crippen MR) is 89.5 cm³/mol. The number of aromatic nitrogens is 1. The van der Waals surface area contributed by atoms with Gasteiger partial charge in [-0.3, -0.25) is 0 Å². The van der Waals surface area contributed by atoms with Gasteiger partial charge in [-0.25, -0.2) is 4.98 Å². The molecule has 4 nitrogen and oxygen atoms in total. The third-order valence-corrected chi connectivity index (χ3v) is 5.65. The van der Waals surface area contributed by atoms with Crippen molar-refractivity contribution in [2.45, 2.75) is 39.2 Å². The predicted octanol–water partition coefficient (Wildman–Crippen LogP) is 1.44. The van der Waals surface area contributed by atoms with Crippen LogP contribution in [0.5, 0.6) is 0 Å². The zero-order chi connectivity index (χ0) is 16.2. The molecule has 0 bridgehead atoms. The molecule has 0 saturated carbocycles. The van der Waals surface area contributed by atoms with Gasteiger partial charge in [0.05, 0.1) is 29.6 Å². The van der Waals surface area contributed by atoms with Gasteiger partial charge in [0, 0.05) is 11.1 Å². The number of nitrogens with zero attached hydrogens (tertiary/aromatic N) is 1. The maximum atomic E-state index is 11.2. The first-order chi connectivity index (χ1) is 11.1. The van der Waals surface area contributed by atoms with E-state index in [4.69, 9.17) is 0 Å². The van der Waals surface area contributed by atoms with E-state index in [9.17, 15) is 9.90 Å². The van der Waals surface area contributed by atoms with Gasteiger partial charge in [-0.2, -0.15) is 0 Å². The van der Waals surface area contributed by atoms with E-state index in [-0.39, 0.29) is 4.88 Å². The second-order valence-electron chi connectivity index (χ2n) is 6.22. The molecule has 2 heterocycles. The Labute approximate surface area is 140 Å². The average Bonchev–Trinajstić information content (AvgIpc) is 2.75. The molecule has 1 aliphatic rings. The lowest BCUT2D eigenvalue weighted by atomic mass is 10.1. The van der Waals surface area contributed by atoms with E-state index < -0.39 is 5.97 Å². The van der Waals surface area contributed by atoms with E-state index in [0.29, 0.717) is 5.69 Å². The first kappa shape index (κ1) is 16.1. The highest BCUT2D eigenvalue weighted by atomic mass is 32.1. The van der Waals surface area contributed by atoms with Crippen LogP contribution in [-0.2, 0) is 6.54 Å². The number of carbonyl (C=O) groups is 1. The minimum Gasteiger partial charge on any atom is -0.544 e. The number of carbonyl (C=O) groups excluding carboxylic acids is 1. The molecule has 5 heteroatoms. The number of aromatic carboxylic acids is 1. The highest BCUT2D eigenvalue weighted by Gasteiger charge is 2.18. The molecule has 1 N–H and O–H groups in total. The number of hydrogen-bond acceptors (Lipinski definition) is 4. The van der Waals surface area contributed by atoms with Crippen LogP contribution in [0.15, 0.2) is 24.3 Å². The fourth-order valence-corrected chi connectivity index (χ4v) is 4.22. The third-order valence-electron chi connectivity index (χ3n) is 4.48. The highest BCUT2D eigenvalue weighted by molar-refractivity contribution is 7.17. The summed E-state index contributed by atoms with van der Waals surface area (Å²) >= 11 is 1.22. The smallest absolute Gasteiger partial charge is 0.124 e. The molecule has 0 amide bonds. The minimum atomic E-state index is -1.14. The Kier molecular flexibility index (Phi) is 5.08. The Morgan fingerprint density at radius 2 is 1.91 bits per heavy atom. The molecule has 23 heavy (non-hydrogen) atoms. The zero-order valence-electron chi connectivity index (χ0n) is 13.4. The average molecular weight is 330 g/mol. The van der Waals surface area contributed by atoms with E-state index in [1.165, 1.54) is 55.7 Å². The Morgan fingerprint density at radius 1 is 1.22 bits per heavy atom. The minimum absolute atomic E-state index is 0.233. The number of carboxylic acids is 1. The van der Waals surface area contributed by atoms with Crippen LogP contribution >= 0.6 is 11.3 Å². The van der Waals surface area contributed by atoms with Gasteiger partial charge in [0.1, 0.15) is 11.6 Å². The van der Waals surface area contributed by atoms with Crippen molar-refractivity contribution in [1.29, 1.82) is 0 Å². The number of quaternary nitrogens is 1. The molecular formula is C18H22N2O2S. The summed E-state index contributed by atoms with van der Waals surface area (Å²) in [5, 5.41) is 11.9. The summed E-state index contributed by atoms with van der Waals surface area (Å²) in [4.78, 5) is 17.5. The topological polar surface area (TPSA) is 57.5 Å². The standard InChI is InChI=1S/C18H22N2O2S/c1-13-16(18(21)22)23-17(19-13)15-9-5-4-8-14(15)12-20-10-6-2-3-7-11-20/h4-5,8-9H,2-3,6-7,10-12H2,1H3,(H,21,22). The number of thiazole rings is 1. The van der Waals surface area contributed by atoms with Crippen molar-refractivity contribution in [2.75, 3.05) is 13.1 Å². The zero-order valence-corrected chi connectivity index (χ0v) is 14.2. The second kappa shape index (κ2) is 7.23. The molecule has 0 aliphatic carbocycles. The van der Waals surface area contributed by atoms with Crippen molar-refractivity contribution >= 4 is 17.3 Å². The number of likely N-dealkylation sites (tertiary alicyclic amines) is 1. The molecule has 0 spiro atoms. The lowest BCUT2D eigenvalue weighted by Gasteiger charge is -2.18. The van der Waals surface area contributed by atoms with Gasteiger partial charge in [0.15, 0.2) is 0 Å². The SMILES string of the molecule is Cc1nc(-c2ccccc2C[NH+]2CCCCCC2)sc1C(=O)[O-]. The monoisotopic (exact) mass is 330 g/mol. The van der Waals surface area contributed by atoms with E-state index in [1.807, 2.05) is 12.1 Å². The summed E-state index contributed by atoms with van der Waals surface area (Å²) in [5.41, 5.74) is 2.86. The summed E-state index contributed by atoms with van der Waals surface area (Å²) in [6.07, 6.45) is 5.27. The van der Waals surface area contributed by atoms with Crippen molar-refractivity contribution in [1.82, 2.24) is 4.98 Å². The number of hydrogen-bond donors (Lipinski definition) is 1. The van der Waals surface area contributed by atoms with Crippen LogP contribution in [0.25, 0.3) is 10.6 Å². The molecule has 0 radical (unpaired) electrons. The molecular weight excluding hydrogens is 308 g/mol. The van der Waals surface area contributed by atoms with Gasteiger partial charge in [-0.1, -0.05) is 24.3 Å². The largest absolute Gasteiger partial charge is 0.544 e. The van der Waals surface area contributed by atoms with Gasteiger partial charge in [0.25, 0.3) is 0 Å². The summed E-state index contributed by atoms with van der Waals surface area (Å²) in [6, 6.07) is 8.23. The normalized spacial score (nSPS) is 16.2. The summed E-state index contributed by atoms with van der Waals surface area (Å²) in [5.74, 6) is -1.14. The van der Waals surface area contributed by atoms with Gasteiger partial charge >= 0.3 is 0 Å². The fraction of sp³-hybridized carbons (Fsp3) is 0.444. The van der Waals surface area contributed by atoms with Crippen LogP contribution in [0.1, 0.15) is 46.6 Å². The van der Waals surface area contributed by atoms with Crippen LogP contribution in [-0.4, -0.2) is 24.0 Å². The number of benzene rings is 1. The van der Waals surface area contributed by atoms with Crippen LogP contribution < -0.4 is 10.0 Å². The number of aryl methyl sites for hydroxylation is 1. The quantitative estimate of drug-likeness (QED) is 0.923. The van der Waals surface area contributed by atoms with Gasteiger partial charge < -0.3 is 14.8 Å². The van der Waals surface area contributed by atoms with Gasteiger partial charge in [-0.05, 0) is 32.6 Å². The molecule has 0 unspecified atom stereocenters.